The van der Waals surface area contributed by atoms with Crippen LogP contribution in [0.25, 0.3) is 0 Å². The Hall–Kier alpha value is -0.721. The van der Waals surface area contributed by atoms with Crippen molar-refractivity contribution in [1.29, 1.82) is 0 Å². The normalized spacial score (nSPS) is 11.2. The number of hydrogen-bond acceptors (Lipinski definition) is 4. The van der Waals surface area contributed by atoms with Gasteiger partial charge in [-0.15, -0.1) is 0 Å². The quantitative estimate of drug-likeness (QED) is 0.728. The second-order valence-electron chi connectivity index (χ2n) is 4.59. The topological polar surface area (TPSA) is 75.8 Å². The third-order valence-corrected chi connectivity index (χ3v) is 2.76. The molecule has 0 aliphatic carbocycles. The average Bonchev–Trinajstić information content (AvgIpc) is 2.82. The van der Waals surface area contributed by atoms with Gasteiger partial charge in [-0.3, -0.25) is 0 Å². The first-order valence-corrected chi connectivity index (χ1v) is 10.6. The Balaban J connectivity index is 0.000000541. The van der Waals surface area contributed by atoms with Gasteiger partial charge in [0.25, 0.3) is 0 Å². The van der Waals surface area contributed by atoms with Crippen LogP contribution in [0.5, 0.6) is 0 Å². The Labute approximate surface area is 145 Å². The Morgan fingerprint density at radius 3 is 1.55 bits per heavy atom. The maximum absolute atomic E-state index is 11.4. The zero-order chi connectivity index (χ0) is 17.0. The summed E-state index contributed by atoms with van der Waals surface area (Å²) in [5.41, 5.74) is 3.05. The Morgan fingerprint density at radius 1 is 1.05 bits per heavy atom. The van der Waals surface area contributed by atoms with E-state index < -0.39 is 23.3 Å². The van der Waals surface area contributed by atoms with Crippen LogP contribution >= 0.6 is 30.3 Å². The van der Waals surface area contributed by atoms with E-state index in [2.05, 4.69) is 10.2 Å². The molecule has 22 heavy (non-hydrogen) atoms. The summed E-state index contributed by atoms with van der Waals surface area (Å²) < 4.78 is 2.84. The molecule has 0 aliphatic rings. The summed E-state index contributed by atoms with van der Waals surface area (Å²) in [7, 11) is 14.7. The fourth-order valence-corrected chi connectivity index (χ4v) is 2.09. The van der Waals surface area contributed by atoms with Crippen LogP contribution < -0.4 is 5.11 Å². The number of carbonyl (C=O) groups is 1. The van der Waals surface area contributed by atoms with Crippen LogP contribution in [0.1, 0.15) is 28.9 Å². The standard InChI is InChI=1S/C12H16N4O2.3ClH.Fe/c1-7-5-9(3)15(13-7)11(12(17)18)16-10(4)6-8(2)14-16;;;;/h5-6,11H,1-4H3,(H,17,18);3*1H;/q;;;;+3/p-4. The van der Waals surface area contributed by atoms with Crippen LogP contribution in [0.4, 0.5) is 0 Å². The van der Waals surface area contributed by atoms with Crippen molar-refractivity contribution in [3.05, 3.63) is 34.9 Å². The first-order valence-electron chi connectivity index (χ1n) is 6.06. The Bertz CT molecular complexity index is 608. The summed E-state index contributed by atoms with van der Waals surface area (Å²) in [6.07, 6.45) is -1.05. The van der Waals surface area contributed by atoms with Crippen LogP contribution in [0.2, 0.25) is 0 Å². The predicted molar refractivity (Wildman–Crippen MR) is 80.4 cm³/mol. The molecule has 125 valence electrons. The number of carboxylic acids is 1. The molecule has 0 unspecified atom stereocenters. The van der Waals surface area contributed by atoms with Crippen molar-refractivity contribution in [3.8, 4) is 0 Å². The molecule has 0 N–H and O–H groups in total. The molecule has 0 fully saturated rings. The molecule has 0 amide bonds. The van der Waals surface area contributed by atoms with Gasteiger partial charge in [0.2, 0.25) is 0 Å². The third kappa shape index (κ3) is 5.18. The van der Waals surface area contributed by atoms with Gasteiger partial charge in [-0.2, -0.15) is 10.2 Å². The van der Waals surface area contributed by atoms with E-state index in [1.807, 2.05) is 39.8 Å². The fraction of sp³-hybridized carbons (Fsp3) is 0.417. The van der Waals surface area contributed by atoms with E-state index in [9.17, 15) is 9.90 Å². The molecule has 10 heteroatoms. The molecule has 2 rings (SSSR count). The van der Waals surface area contributed by atoms with E-state index in [0.29, 0.717) is 0 Å². The number of aliphatic carboxylic acids is 1. The van der Waals surface area contributed by atoms with Gasteiger partial charge in [0.1, 0.15) is 0 Å². The summed E-state index contributed by atoms with van der Waals surface area (Å²) >= 11 is -1.33. The molecular formula is C12H15Cl3FeN4O2-. The van der Waals surface area contributed by atoms with Gasteiger partial charge in [-0.1, -0.05) is 0 Å². The predicted octanol–water partition coefficient (Wildman–Crippen LogP) is 2.18. The van der Waals surface area contributed by atoms with Gasteiger partial charge in [0.15, 0.2) is 6.17 Å². The molecule has 6 nitrogen and oxygen atoms in total. The van der Waals surface area contributed by atoms with Crippen molar-refractivity contribution in [3.63, 3.8) is 0 Å². The molecule has 0 saturated heterocycles. The van der Waals surface area contributed by atoms with Crippen LogP contribution in [0.3, 0.4) is 0 Å². The number of carboxylic acid groups (broad SMARTS) is 1. The molecule has 0 aromatic carbocycles. The van der Waals surface area contributed by atoms with Crippen molar-refractivity contribution in [1.82, 2.24) is 19.6 Å². The summed E-state index contributed by atoms with van der Waals surface area (Å²) in [5.74, 6) is -1.23. The van der Waals surface area contributed by atoms with Crippen LogP contribution in [0, 0.1) is 27.7 Å². The molecule has 2 aromatic heterocycles. The van der Waals surface area contributed by atoms with Gasteiger partial charge >= 0.3 is 41.5 Å². The maximum atomic E-state index is 11.4. The van der Waals surface area contributed by atoms with Crippen molar-refractivity contribution < 1.29 is 21.1 Å². The first-order chi connectivity index (χ1) is 10.1. The zero-order valence-corrected chi connectivity index (χ0v) is 15.7. The van der Waals surface area contributed by atoms with Crippen LogP contribution in [-0.2, 0) is 16.0 Å². The van der Waals surface area contributed by atoms with Gasteiger partial charge in [-0.25, -0.2) is 9.36 Å². The van der Waals surface area contributed by atoms with E-state index in [4.69, 9.17) is 30.3 Å². The Morgan fingerprint density at radius 2 is 1.36 bits per heavy atom. The number of halogens is 3. The summed E-state index contributed by atoms with van der Waals surface area (Å²) in [6, 6.07) is 3.64. The van der Waals surface area contributed by atoms with Gasteiger partial charge < -0.3 is 9.90 Å². The van der Waals surface area contributed by atoms with Crippen molar-refractivity contribution in [2.24, 2.45) is 0 Å². The molecule has 2 aromatic rings. The van der Waals surface area contributed by atoms with E-state index in [1.165, 1.54) is 9.36 Å². The second-order valence-corrected chi connectivity index (χ2v) is 10.1. The third-order valence-electron chi connectivity index (χ3n) is 2.76. The van der Waals surface area contributed by atoms with Crippen LogP contribution in [-0.4, -0.2) is 25.5 Å². The average molecular weight is 409 g/mol. The van der Waals surface area contributed by atoms with Crippen molar-refractivity contribution in [2.45, 2.75) is 33.9 Å². The van der Waals surface area contributed by atoms with Crippen molar-refractivity contribution >= 4 is 36.3 Å². The number of rotatable bonds is 3. The van der Waals surface area contributed by atoms with E-state index in [0.717, 1.165) is 22.8 Å². The number of carbonyl (C=O) groups excluding carboxylic acids is 1. The van der Waals surface area contributed by atoms with E-state index in [1.54, 1.807) is 0 Å². The second kappa shape index (κ2) is 8.22. The van der Waals surface area contributed by atoms with Crippen LogP contribution in [0.15, 0.2) is 12.1 Å². The van der Waals surface area contributed by atoms with Gasteiger partial charge in [0, 0.05) is 11.4 Å². The summed E-state index contributed by atoms with van der Waals surface area (Å²) in [6.45, 7) is 7.25. The molecule has 0 saturated carbocycles. The van der Waals surface area contributed by atoms with E-state index >= 15 is 0 Å². The van der Waals surface area contributed by atoms with E-state index in [-0.39, 0.29) is 0 Å². The minimum absolute atomic E-state index is 0.759. The minimum atomic E-state index is -1.33. The summed E-state index contributed by atoms with van der Waals surface area (Å²) in [4.78, 5) is 11.4. The molecule has 0 radical (unpaired) electrons. The zero-order valence-electron chi connectivity index (χ0n) is 12.3. The molecule has 0 aliphatic heterocycles. The SMILES string of the molecule is Cc1cc(C)n(C(C(=O)[O-])n2nc(C)cc2C)n1.[Cl][Fe]([Cl])[Cl]. The molecule has 0 bridgehead atoms. The molecular weight excluding hydrogens is 394 g/mol. The fourth-order valence-electron chi connectivity index (χ4n) is 2.09. The molecule has 0 atom stereocenters. The number of hydrogen-bond donors (Lipinski definition) is 0. The monoisotopic (exact) mass is 408 g/mol. The van der Waals surface area contributed by atoms with Gasteiger partial charge in [0.05, 0.1) is 17.4 Å². The number of aromatic nitrogens is 4. The summed E-state index contributed by atoms with van der Waals surface area (Å²) in [5, 5.41) is 19.8. The Kier molecular flexibility index (Phi) is 7.22. The molecule has 0 spiro atoms. The van der Waals surface area contributed by atoms with Gasteiger partial charge in [-0.05, 0) is 39.8 Å². The van der Waals surface area contributed by atoms with Crippen molar-refractivity contribution in [2.75, 3.05) is 0 Å². The molecule has 2 heterocycles. The number of nitrogens with zero attached hydrogens (tertiary/aromatic N) is 4. The first kappa shape index (κ1) is 19.3. The number of aryl methyl sites for hydroxylation is 4.